The molecule has 0 saturated heterocycles. The Morgan fingerprint density at radius 3 is 2.81 bits per heavy atom. The molecule has 0 bridgehead atoms. The predicted molar refractivity (Wildman–Crippen MR) is 79.0 cm³/mol. The molecule has 21 heavy (non-hydrogen) atoms. The van der Waals surface area contributed by atoms with Crippen LogP contribution in [0.15, 0.2) is 12.4 Å². The second-order valence-corrected chi connectivity index (χ2v) is 6.17. The molecule has 0 spiro atoms. The molecule has 0 unspecified atom stereocenters. The van der Waals surface area contributed by atoms with Crippen LogP contribution in [-0.2, 0) is 11.3 Å². The SMILES string of the molecule is CCO[C@@H]1C[C@](O)(CNC(=O)c2cnn(CC)c2)C1(C)C. The highest BCUT2D eigenvalue weighted by molar-refractivity contribution is 5.93. The summed E-state index contributed by atoms with van der Waals surface area (Å²) in [4.78, 5) is 12.1. The van der Waals surface area contributed by atoms with Gasteiger partial charge in [-0.05, 0) is 13.8 Å². The highest BCUT2D eigenvalue weighted by atomic mass is 16.5. The fraction of sp³-hybridized carbons (Fsp3) is 0.733. The molecule has 1 heterocycles. The van der Waals surface area contributed by atoms with Crippen molar-refractivity contribution in [1.82, 2.24) is 15.1 Å². The summed E-state index contributed by atoms with van der Waals surface area (Å²) in [6, 6.07) is 0. The monoisotopic (exact) mass is 295 g/mol. The van der Waals surface area contributed by atoms with Gasteiger partial charge >= 0.3 is 0 Å². The van der Waals surface area contributed by atoms with Crippen LogP contribution in [0.4, 0.5) is 0 Å². The number of aliphatic hydroxyl groups is 1. The number of hydrogen-bond acceptors (Lipinski definition) is 4. The summed E-state index contributed by atoms with van der Waals surface area (Å²) in [5.74, 6) is -0.209. The first-order valence-electron chi connectivity index (χ1n) is 7.48. The Morgan fingerprint density at radius 2 is 2.29 bits per heavy atom. The van der Waals surface area contributed by atoms with Gasteiger partial charge in [0.2, 0.25) is 0 Å². The van der Waals surface area contributed by atoms with Crippen molar-refractivity contribution in [2.75, 3.05) is 13.2 Å². The molecular formula is C15H25N3O3. The van der Waals surface area contributed by atoms with Gasteiger partial charge in [0.05, 0.1) is 23.5 Å². The van der Waals surface area contributed by atoms with Crippen molar-refractivity contribution >= 4 is 5.91 Å². The summed E-state index contributed by atoms with van der Waals surface area (Å²) >= 11 is 0. The average molecular weight is 295 g/mol. The molecular weight excluding hydrogens is 270 g/mol. The van der Waals surface area contributed by atoms with Gasteiger partial charge in [0.1, 0.15) is 0 Å². The molecule has 1 aliphatic rings. The number of aromatic nitrogens is 2. The van der Waals surface area contributed by atoms with Crippen molar-refractivity contribution < 1.29 is 14.6 Å². The second kappa shape index (κ2) is 5.77. The van der Waals surface area contributed by atoms with E-state index < -0.39 is 5.60 Å². The molecule has 1 saturated carbocycles. The molecule has 0 radical (unpaired) electrons. The minimum absolute atomic E-state index is 0.0345. The van der Waals surface area contributed by atoms with Crippen molar-refractivity contribution in [3.05, 3.63) is 18.0 Å². The number of rotatable bonds is 6. The van der Waals surface area contributed by atoms with Crippen LogP contribution in [0.3, 0.4) is 0 Å². The van der Waals surface area contributed by atoms with Crippen LogP contribution in [0.1, 0.15) is 44.5 Å². The maximum Gasteiger partial charge on any atom is 0.254 e. The minimum Gasteiger partial charge on any atom is -0.387 e. The van der Waals surface area contributed by atoms with Gasteiger partial charge in [0.25, 0.3) is 5.91 Å². The van der Waals surface area contributed by atoms with E-state index in [9.17, 15) is 9.90 Å². The zero-order chi connectivity index (χ0) is 15.7. The summed E-state index contributed by atoms with van der Waals surface area (Å²) < 4.78 is 7.31. The van der Waals surface area contributed by atoms with Crippen LogP contribution in [0.25, 0.3) is 0 Å². The van der Waals surface area contributed by atoms with Gasteiger partial charge in [-0.1, -0.05) is 13.8 Å². The molecule has 6 nitrogen and oxygen atoms in total. The van der Waals surface area contributed by atoms with Gasteiger partial charge in [-0.15, -0.1) is 0 Å². The van der Waals surface area contributed by atoms with Gasteiger partial charge in [-0.25, -0.2) is 0 Å². The lowest BCUT2D eigenvalue weighted by Gasteiger charge is -2.57. The van der Waals surface area contributed by atoms with Gasteiger partial charge in [-0.3, -0.25) is 9.48 Å². The van der Waals surface area contributed by atoms with E-state index in [1.165, 1.54) is 6.20 Å². The molecule has 1 aromatic heterocycles. The van der Waals surface area contributed by atoms with Gasteiger partial charge in [0.15, 0.2) is 0 Å². The van der Waals surface area contributed by atoms with E-state index in [-0.39, 0.29) is 24.0 Å². The predicted octanol–water partition coefficient (Wildman–Crippen LogP) is 1.20. The Bertz CT molecular complexity index is 512. The van der Waals surface area contributed by atoms with Gasteiger partial charge in [-0.2, -0.15) is 5.10 Å². The summed E-state index contributed by atoms with van der Waals surface area (Å²) in [6.45, 7) is 9.42. The van der Waals surface area contributed by atoms with E-state index in [2.05, 4.69) is 10.4 Å². The molecule has 118 valence electrons. The maximum absolute atomic E-state index is 12.1. The molecule has 1 amide bonds. The Labute approximate surface area is 125 Å². The number of carbonyl (C=O) groups excluding carboxylic acids is 1. The smallest absolute Gasteiger partial charge is 0.254 e. The van der Waals surface area contributed by atoms with Crippen molar-refractivity contribution in [3.63, 3.8) is 0 Å². The third-order valence-electron chi connectivity index (χ3n) is 4.66. The highest BCUT2D eigenvalue weighted by Gasteiger charge is 2.59. The Hall–Kier alpha value is -1.40. The lowest BCUT2D eigenvalue weighted by Crippen LogP contribution is -2.68. The summed E-state index contributed by atoms with van der Waals surface area (Å²) in [5.41, 5.74) is -0.786. The van der Waals surface area contributed by atoms with E-state index in [1.54, 1.807) is 10.9 Å². The fourth-order valence-electron chi connectivity index (χ4n) is 2.74. The third kappa shape index (κ3) is 2.82. The van der Waals surface area contributed by atoms with Crippen molar-refractivity contribution in [3.8, 4) is 0 Å². The molecule has 2 N–H and O–H groups in total. The number of aryl methyl sites for hydroxylation is 1. The molecule has 2 atom stereocenters. The first-order chi connectivity index (χ1) is 9.84. The van der Waals surface area contributed by atoms with E-state index >= 15 is 0 Å². The van der Waals surface area contributed by atoms with E-state index in [1.807, 2.05) is 27.7 Å². The number of carbonyl (C=O) groups is 1. The van der Waals surface area contributed by atoms with Crippen LogP contribution >= 0.6 is 0 Å². The van der Waals surface area contributed by atoms with Crippen molar-refractivity contribution in [2.24, 2.45) is 5.41 Å². The number of amides is 1. The first-order valence-corrected chi connectivity index (χ1v) is 7.48. The van der Waals surface area contributed by atoms with Crippen molar-refractivity contribution in [1.29, 1.82) is 0 Å². The average Bonchev–Trinajstić information content (AvgIpc) is 2.93. The quantitative estimate of drug-likeness (QED) is 0.827. The number of hydrogen-bond donors (Lipinski definition) is 2. The number of ether oxygens (including phenoxy) is 1. The second-order valence-electron chi connectivity index (χ2n) is 6.17. The summed E-state index contributed by atoms with van der Waals surface area (Å²) in [6.07, 6.45) is 3.82. The molecule has 1 aromatic rings. The first kappa shape index (κ1) is 16.0. The Balaban J connectivity index is 1.92. The van der Waals surface area contributed by atoms with Crippen molar-refractivity contribution in [2.45, 2.75) is 52.4 Å². The number of nitrogens with zero attached hydrogens (tertiary/aromatic N) is 2. The lowest BCUT2D eigenvalue weighted by molar-refractivity contribution is -0.237. The van der Waals surface area contributed by atoms with Gasteiger partial charge in [0, 0.05) is 37.7 Å². The van der Waals surface area contributed by atoms with E-state index in [0.717, 1.165) is 6.54 Å². The zero-order valence-corrected chi connectivity index (χ0v) is 13.2. The van der Waals surface area contributed by atoms with E-state index in [0.29, 0.717) is 18.6 Å². The summed E-state index contributed by atoms with van der Waals surface area (Å²) in [5, 5.41) is 17.5. The van der Waals surface area contributed by atoms with Crippen LogP contribution in [0.2, 0.25) is 0 Å². The molecule has 2 rings (SSSR count). The fourth-order valence-corrected chi connectivity index (χ4v) is 2.74. The molecule has 1 aliphatic carbocycles. The van der Waals surface area contributed by atoms with Gasteiger partial charge < -0.3 is 15.2 Å². The highest BCUT2D eigenvalue weighted by Crippen LogP contribution is 2.50. The zero-order valence-electron chi connectivity index (χ0n) is 13.2. The van der Waals surface area contributed by atoms with Crippen LogP contribution in [0.5, 0.6) is 0 Å². The van der Waals surface area contributed by atoms with Crippen LogP contribution < -0.4 is 5.32 Å². The van der Waals surface area contributed by atoms with Crippen LogP contribution in [-0.4, -0.2) is 45.7 Å². The lowest BCUT2D eigenvalue weighted by atomic mass is 9.56. The molecule has 0 aromatic carbocycles. The third-order valence-corrected chi connectivity index (χ3v) is 4.66. The topological polar surface area (TPSA) is 76.4 Å². The standard InChI is InChI=1S/C15H25N3O3/c1-5-18-9-11(8-17-18)13(19)16-10-15(20)7-12(21-6-2)14(15,3)4/h8-9,12,20H,5-7,10H2,1-4H3,(H,16,19)/t12-,15+/m1/s1. The molecule has 0 aliphatic heterocycles. The Morgan fingerprint density at radius 1 is 1.57 bits per heavy atom. The summed E-state index contributed by atoms with van der Waals surface area (Å²) in [7, 11) is 0. The minimum atomic E-state index is -0.927. The molecule has 1 fully saturated rings. The molecule has 6 heteroatoms. The maximum atomic E-state index is 12.1. The largest absolute Gasteiger partial charge is 0.387 e. The van der Waals surface area contributed by atoms with Crippen LogP contribution in [0, 0.1) is 5.41 Å². The number of nitrogens with one attached hydrogen (secondary N) is 1. The van der Waals surface area contributed by atoms with E-state index in [4.69, 9.17) is 4.74 Å². The Kier molecular flexibility index (Phi) is 4.39. The normalized spacial score (nSPS) is 27.2.